The smallest absolute Gasteiger partial charge is 0.261 e. The number of ether oxygens (including phenoxy) is 1. The number of pyridine rings is 1. The van der Waals surface area contributed by atoms with Crippen LogP contribution >= 0.6 is 0 Å². The Labute approximate surface area is 123 Å². The summed E-state index contributed by atoms with van der Waals surface area (Å²) in [7, 11) is 0. The minimum Gasteiger partial charge on any atom is -0.409 e. The summed E-state index contributed by atoms with van der Waals surface area (Å²) in [5, 5.41) is 11.6. The van der Waals surface area contributed by atoms with E-state index in [2.05, 4.69) is 5.16 Å². The summed E-state index contributed by atoms with van der Waals surface area (Å²) in [5.74, 6) is -0.158. The fourth-order valence-corrected chi connectivity index (χ4v) is 3.56. The predicted molar refractivity (Wildman–Crippen MR) is 78.5 cm³/mol. The molecule has 1 aromatic rings. The van der Waals surface area contributed by atoms with Gasteiger partial charge in [0.05, 0.1) is 23.8 Å². The van der Waals surface area contributed by atoms with Gasteiger partial charge in [-0.1, -0.05) is 18.0 Å². The highest BCUT2D eigenvalue weighted by Gasteiger charge is 2.42. The van der Waals surface area contributed by atoms with E-state index in [-0.39, 0.29) is 28.7 Å². The summed E-state index contributed by atoms with van der Waals surface area (Å²) in [5.41, 5.74) is 5.56. The van der Waals surface area contributed by atoms with E-state index in [1.54, 1.807) is 22.9 Å². The van der Waals surface area contributed by atoms with Crippen molar-refractivity contribution in [2.45, 2.75) is 56.8 Å². The number of rotatable bonds is 3. The highest BCUT2D eigenvalue weighted by molar-refractivity contribution is 5.96. The minimum atomic E-state index is -0.247. The lowest BCUT2D eigenvalue weighted by molar-refractivity contribution is -0.0421. The Morgan fingerprint density at radius 3 is 2.95 bits per heavy atom. The molecule has 1 unspecified atom stereocenters. The van der Waals surface area contributed by atoms with Gasteiger partial charge in [0.15, 0.2) is 5.84 Å². The molecule has 114 valence electrons. The average Bonchev–Trinajstić information content (AvgIpc) is 3.11. The van der Waals surface area contributed by atoms with Crippen molar-refractivity contribution in [2.24, 2.45) is 10.9 Å². The number of oxime groups is 1. The van der Waals surface area contributed by atoms with Crippen molar-refractivity contribution >= 4 is 5.84 Å². The van der Waals surface area contributed by atoms with E-state index in [0.717, 1.165) is 25.7 Å². The first-order valence-corrected chi connectivity index (χ1v) is 7.49. The molecule has 1 saturated carbocycles. The number of amidine groups is 1. The van der Waals surface area contributed by atoms with Crippen LogP contribution in [-0.4, -0.2) is 27.3 Å². The van der Waals surface area contributed by atoms with Crippen LogP contribution in [-0.2, 0) is 11.3 Å². The van der Waals surface area contributed by atoms with Gasteiger partial charge >= 0.3 is 0 Å². The van der Waals surface area contributed by atoms with Gasteiger partial charge in [0.1, 0.15) is 0 Å². The number of hydrogen-bond acceptors (Lipinski definition) is 4. The summed E-state index contributed by atoms with van der Waals surface area (Å²) in [6.45, 7) is 0.521. The average molecular weight is 291 g/mol. The van der Waals surface area contributed by atoms with Crippen LogP contribution in [0.4, 0.5) is 0 Å². The van der Waals surface area contributed by atoms with Crippen molar-refractivity contribution in [3.8, 4) is 0 Å². The molecule has 2 fully saturated rings. The van der Waals surface area contributed by atoms with Crippen molar-refractivity contribution in [1.29, 1.82) is 0 Å². The van der Waals surface area contributed by atoms with Gasteiger partial charge in [0.25, 0.3) is 5.56 Å². The van der Waals surface area contributed by atoms with Gasteiger partial charge in [0.2, 0.25) is 0 Å². The maximum absolute atomic E-state index is 12.3. The van der Waals surface area contributed by atoms with Crippen LogP contribution in [0.25, 0.3) is 0 Å². The van der Waals surface area contributed by atoms with Gasteiger partial charge in [-0.05, 0) is 37.8 Å². The van der Waals surface area contributed by atoms with Crippen LogP contribution in [0.1, 0.15) is 44.1 Å². The van der Waals surface area contributed by atoms with Gasteiger partial charge in [-0.15, -0.1) is 0 Å². The van der Waals surface area contributed by atoms with Crippen LogP contribution in [0.2, 0.25) is 0 Å². The monoisotopic (exact) mass is 291 g/mol. The Bertz CT molecular complexity index is 602. The Morgan fingerprint density at radius 1 is 1.48 bits per heavy atom. The molecule has 1 aliphatic heterocycles. The molecule has 6 nitrogen and oxygen atoms in total. The zero-order valence-electron chi connectivity index (χ0n) is 12.0. The molecule has 2 heterocycles. The largest absolute Gasteiger partial charge is 0.409 e. The first-order valence-electron chi connectivity index (χ1n) is 7.49. The van der Waals surface area contributed by atoms with E-state index in [4.69, 9.17) is 15.7 Å². The zero-order valence-corrected chi connectivity index (χ0v) is 12.0. The molecule has 0 amide bonds. The second kappa shape index (κ2) is 5.52. The summed E-state index contributed by atoms with van der Waals surface area (Å²) >= 11 is 0. The predicted octanol–water partition coefficient (Wildman–Crippen LogP) is 1.43. The standard InChI is InChI=1S/C15H21N3O3/c16-13(17-20)12-4-3-9-18(14(12)19)10-11-5-8-15(21-11)6-1-2-7-15/h3-4,9,11,20H,1-2,5-8,10H2,(H2,16,17). The van der Waals surface area contributed by atoms with Gasteiger partial charge in [-0.2, -0.15) is 0 Å². The maximum Gasteiger partial charge on any atom is 0.261 e. The van der Waals surface area contributed by atoms with E-state index in [9.17, 15) is 4.79 Å². The lowest BCUT2D eigenvalue weighted by Gasteiger charge is -2.24. The first-order chi connectivity index (χ1) is 10.1. The molecule has 0 aromatic carbocycles. The molecule has 3 N–H and O–H groups in total. The lowest BCUT2D eigenvalue weighted by Crippen LogP contribution is -2.33. The summed E-state index contributed by atoms with van der Waals surface area (Å²) < 4.78 is 7.81. The molecule has 3 rings (SSSR count). The molecule has 1 spiro atoms. The van der Waals surface area contributed by atoms with E-state index in [0.29, 0.717) is 6.54 Å². The van der Waals surface area contributed by atoms with Gasteiger partial charge in [-0.25, -0.2) is 0 Å². The second-order valence-electron chi connectivity index (χ2n) is 6.03. The molecular weight excluding hydrogens is 270 g/mol. The third-order valence-electron chi connectivity index (χ3n) is 4.66. The highest BCUT2D eigenvalue weighted by Crippen LogP contribution is 2.43. The minimum absolute atomic E-state index is 0.0669. The van der Waals surface area contributed by atoms with Crippen LogP contribution in [0.3, 0.4) is 0 Å². The van der Waals surface area contributed by atoms with E-state index >= 15 is 0 Å². The lowest BCUT2D eigenvalue weighted by atomic mass is 9.98. The number of nitrogens with zero attached hydrogens (tertiary/aromatic N) is 2. The summed E-state index contributed by atoms with van der Waals surface area (Å²) in [6.07, 6.45) is 8.64. The Kier molecular flexibility index (Phi) is 3.71. The fourth-order valence-electron chi connectivity index (χ4n) is 3.56. The molecular formula is C15H21N3O3. The zero-order chi connectivity index (χ0) is 14.9. The molecule has 0 radical (unpaired) electrons. The maximum atomic E-state index is 12.3. The highest BCUT2D eigenvalue weighted by atomic mass is 16.5. The van der Waals surface area contributed by atoms with E-state index in [1.807, 2.05) is 0 Å². The van der Waals surface area contributed by atoms with Crippen LogP contribution in [0, 0.1) is 0 Å². The molecule has 21 heavy (non-hydrogen) atoms. The van der Waals surface area contributed by atoms with Crippen molar-refractivity contribution < 1.29 is 9.94 Å². The SMILES string of the molecule is N/C(=N/O)c1cccn(CC2CCC3(CCCC3)O2)c1=O. The van der Waals surface area contributed by atoms with Crippen LogP contribution < -0.4 is 11.3 Å². The van der Waals surface area contributed by atoms with Crippen molar-refractivity contribution in [3.63, 3.8) is 0 Å². The quantitative estimate of drug-likeness (QED) is 0.381. The fraction of sp³-hybridized carbons (Fsp3) is 0.600. The van der Waals surface area contributed by atoms with Crippen LogP contribution in [0.15, 0.2) is 28.3 Å². The third kappa shape index (κ3) is 2.68. The summed E-state index contributed by atoms with van der Waals surface area (Å²) in [4.78, 5) is 12.3. The van der Waals surface area contributed by atoms with Crippen molar-refractivity contribution in [2.75, 3.05) is 0 Å². The van der Waals surface area contributed by atoms with Crippen molar-refractivity contribution in [3.05, 3.63) is 34.2 Å². The number of hydrogen-bond donors (Lipinski definition) is 2. The molecule has 1 aliphatic carbocycles. The molecule has 1 aromatic heterocycles. The molecule has 1 atom stereocenters. The van der Waals surface area contributed by atoms with E-state index in [1.165, 1.54) is 12.8 Å². The normalized spacial score (nSPS) is 24.8. The molecule has 1 saturated heterocycles. The Morgan fingerprint density at radius 2 is 2.24 bits per heavy atom. The van der Waals surface area contributed by atoms with Gasteiger partial charge in [-0.3, -0.25) is 4.79 Å². The Hall–Kier alpha value is -1.82. The van der Waals surface area contributed by atoms with Gasteiger partial charge < -0.3 is 20.2 Å². The topological polar surface area (TPSA) is 89.8 Å². The van der Waals surface area contributed by atoms with Gasteiger partial charge in [0, 0.05) is 6.20 Å². The Balaban J connectivity index is 1.76. The second-order valence-corrected chi connectivity index (χ2v) is 6.03. The number of aromatic nitrogens is 1. The molecule has 0 bridgehead atoms. The van der Waals surface area contributed by atoms with E-state index < -0.39 is 0 Å². The third-order valence-corrected chi connectivity index (χ3v) is 4.66. The summed E-state index contributed by atoms with van der Waals surface area (Å²) in [6, 6.07) is 3.29. The molecule has 6 heteroatoms. The first kappa shape index (κ1) is 14.1. The van der Waals surface area contributed by atoms with Crippen molar-refractivity contribution in [1.82, 2.24) is 4.57 Å². The molecule has 2 aliphatic rings. The number of nitrogens with two attached hydrogens (primary N) is 1. The van der Waals surface area contributed by atoms with Crippen LogP contribution in [0.5, 0.6) is 0 Å².